The molecule has 0 aliphatic heterocycles. The smallest absolute Gasteiger partial charge is 0.213 e. The van der Waals surface area contributed by atoms with Gasteiger partial charge in [-0.05, 0) is 12.2 Å². The molecular formula is C10H17N3OS. The first-order valence-electron chi connectivity index (χ1n) is 4.84. The highest BCUT2D eigenvalue weighted by molar-refractivity contribution is 7.80. The molecule has 0 unspecified atom stereocenters. The van der Waals surface area contributed by atoms with E-state index in [1.807, 2.05) is 0 Å². The maximum atomic E-state index is 5.58. The molecule has 0 aliphatic rings. The normalized spacial score (nSPS) is 11.2. The lowest BCUT2D eigenvalue weighted by molar-refractivity contribution is 0.380. The van der Waals surface area contributed by atoms with E-state index in [1.54, 1.807) is 13.2 Å². The number of rotatable bonds is 2. The monoisotopic (exact) mass is 227 g/mol. The number of nitrogens with one attached hydrogen (secondary N) is 2. The van der Waals surface area contributed by atoms with Gasteiger partial charge < -0.3 is 15.1 Å². The first-order chi connectivity index (χ1) is 6.93. The lowest BCUT2D eigenvalue weighted by Gasteiger charge is -2.13. The molecule has 4 nitrogen and oxygen atoms in total. The fourth-order valence-corrected chi connectivity index (χ4v) is 1.06. The average molecular weight is 227 g/mol. The van der Waals surface area contributed by atoms with E-state index in [2.05, 4.69) is 36.4 Å². The Morgan fingerprint density at radius 2 is 2.20 bits per heavy atom. The van der Waals surface area contributed by atoms with Gasteiger partial charge in [0.15, 0.2) is 5.11 Å². The first-order valence-corrected chi connectivity index (χ1v) is 5.25. The third kappa shape index (κ3) is 3.51. The fraction of sp³-hybridized carbons (Fsp3) is 0.600. The first kappa shape index (κ1) is 12.0. The van der Waals surface area contributed by atoms with Gasteiger partial charge in [-0.15, -0.1) is 0 Å². The standard InChI is InChI=1S/C10H17N3OS/c1-10(2,3)7-5-12-8(14-7)6-13-9(15)11-4/h5H,6H2,1-4H3,(H2,11,13,15). The van der Waals surface area contributed by atoms with Crippen molar-refractivity contribution in [1.29, 1.82) is 0 Å². The van der Waals surface area contributed by atoms with E-state index < -0.39 is 0 Å². The molecule has 84 valence electrons. The second-order valence-electron chi connectivity index (χ2n) is 4.30. The quantitative estimate of drug-likeness (QED) is 0.751. The highest BCUT2D eigenvalue weighted by atomic mass is 32.1. The molecule has 1 aromatic rings. The molecule has 2 N–H and O–H groups in total. The summed E-state index contributed by atoms with van der Waals surface area (Å²) >= 11 is 4.94. The average Bonchev–Trinajstić information content (AvgIpc) is 2.61. The molecule has 1 aromatic heterocycles. The van der Waals surface area contributed by atoms with Crippen LogP contribution in [-0.2, 0) is 12.0 Å². The lowest BCUT2D eigenvalue weighted by atomic mass is 9.94. The minimum absolute atomic E-state index is 0.00519. The van der Waals surface area contributed by atoms with Crippen molar-refractivity contribution < 1.29 is 4.42 Å². The minimum Gasteiger partial charge on any atom is -0.443 e. The molecule has 0 saturated carbocycles. The van der Waals surface area contributed by atoms with Crippen molar-refractivity contribution in [1.82, 2.24) is 15.6 Å². The number of nitrogens with zero attached hydrogens (tertiary/aromatic N) is 1. The second-order valence-corrected chi connectivity index (χ2v) is 4.71. The van der Waals surface area contributed by atoms with Gasteiger partial charge in [0, 0.05) is 12.5 Å². The van der Waals surface area contributed by atoms with Crippen LogP contribution in [0.1, 0.15) is 32.4 Å². The largest absolute Gasteiger partial charge is 0.443 e. The summed E-state index contributed by atoms with van der Waals surface area (Å²) in [6.07, 6.45) is 1.76. The molecule has 1 heterocycles. The van der Waals surface area contributed by atoms with Crippen molar-refractivity contribution in [3.05, 3.63) is 17.8 Å². The van der Waals surface area contributed by atoms with Crippen molar-refractivity contribution in [2.24, 2.45) is 0 Å². The Bertz CT molecular complexity index is 341. The van der Waals surface area contributed by atoms with Crippen LogP contribution >= 0.6 is 12.2 Å². The van der Waals surface area contributed by atoms with Gasteiger partial charge in [0.2, 0.25) is 5.89 Å². The third-order valence-electron chi connectivity index (χ3n) is 1.92. The molecule has 0 saturated heterocycles. The van der Waals surface area contributed by atoms with Crippen molar-refractivity contribution in [2.75, 3.05) is 7.05 Å². The predicted molar refractivity (Wildman–Crippen MR) is 63.7 cm³/mol. The van der Waals surface area contributed by atoms with Gasteiger partial charge in [-0.3, -0.25) is 0 Å². The summed E-state index contributed by atoms with van der Waals surface area (Å²) in [7, 11) is 1.77. The Hall–Kier alpha value is -1.10. The summed E-state index contributed by atoms with van der Waals surface area (Å²) in [4.78, 5) is 4.17. The van der Waals surface area contributed by atoms with E-state index in [-0.39, 0.29) is 5.41 Å². The summed E-state index contributed by atoms with van der Waals surface area (Å²) < 4.78 is 5.58. The van der Waals surface area contributed by atoms with Gasteiger partial charge in [-0.25, -0.2) is 4.98 Å². The van der Waals surface area contributed by atoms with Gasteiger partial charge in [-0.2, -0.15) is 0 Å². The lowest BCUT2D eigenvalue weighted by Crippen LogP contribution is -2.31. The topological polar surface area (TPSA) is 50.1 Å². The number of hydrogen-bond donors (Lipinski definition) is 2. The SMILES string of the molecule is CNC(=S)NCc1ncc(C(C)(C)C)o1. The van der Waals surface area contributed by atoms with Crippen LogP contribution < -0.4 is 10.6 Å². The molecule has 5 heteroatoms. The highest BCUT2D eigenvalue weighted by Crippen LogP contribution is 2.22. The zero-order chi connectivity index (χ0) is 11.5. The molecule has 0 spiro atoms. The Kier molecular flexibility index (Phi) is 3.68. The predicted octanol–water partition coefficient (Wildman–Crippen LogP) is 1.57. The minimum atomic E-state index is -0.00519. The van der Waals surface area contributed by atoms with Crippen LogP contribution in [0.4, 0.5) is 0 Å². The van der Waals surface area contributed by atoms with Crippen molar-refractivity contribution in [2.45, 2.75) is 32.7 Å². The molecule has 0 aromatic carbocycles. The van der Waals surface area contributed by atoms with E-state index in [0.29, 0.717) is 17.5 Å². The Balaban J connectivity index is 2.58. The molecule has 0 radical (unpaired) electrons. The number of oxazole rings is 1. The molecule has 0 atom stereocenters. The summed E-state index contributed by atoms with van der Waals surface area (Å²) in [6.45, 7) is 6.77. The number of hydrogen-bond acceptors (Lipinski definition) is 3. The molecule has 1 rings (SSSR count). The van der Waals surface area contributed by atoms with E-state index in [0.717, 1.165) is 5.76 Å². The van der Waals surface area contributed by atoms with E-state index in [1.165, 1.54) is 0 Å². The fourth-order valence-electron chi connectivity index (χ4n) is 0.983. The van der Waals surface area contributed by atoms with Crippen LogP contribution in [-0.4, -0.2) is 17.1 Å². The van der Waals surface area contributed by atoms with E-state index in [9.17, 15) is 0 Å². The molecule has 0 bridgehead atoms. The molecular weight excluding hydrogens is 210 g/mol. The molecule has 0 aliphatic carbocycles. The third-order valence-corrected chi connectivity index (χ3v) is 2.27. The summed E-state index contributed by atoms with van der Waals surface area (Å²) in [6, 6.07) is 0. The van der Waals surface area contributed by atoms with Crippen LogP contribution in [0.5, 0.6) is 0 Å². The van der Waals surface area contributed by atoms with E-state index in [4.69, 9.17) is 16.6 Å². The zero-order valence-corrected chi connectivity index (χ0v) is 10.4. The van der Waals surface area contributed by atoms with Crippen LogP contribution in [0.3, 0.4) is 0 Å². The van der Waals surface area contributed by atoms with Gasteiger partial charge in [-0.1, -0.05) is 20.8 Å². The van der Waals surface area contributed by atoms with Crippen LogP contribution in [0.15, 0.2) is 10.6 Å². The Morgan fingerprint density at radius 3 is 2.67 bits per heavy atom. The summed E-state index contributed by atoms with van der Waals surface area (Å²) in [5.41, 5.74) is -0.00519. The molecule has 0 fully saturated rings. The number of aromatic nitrogens is 1. The van der Waals surface area contributed by atoms with Crippen LogP contribution in [0, 0.1) is 0 Å². The van der Waals surface area contributed by atoms with Crippen LogP contribution in [0.2, 0.25) is 0 Å². The van der Waals surface area contributed by atoms with Crippen molar-refractivity contribution in [3.8, 4) is 0 Å². The zero-order valence-electron chi connectivity index (χ0n) is 9.55. The molecule has 15 heavy (non-hydrogen) atoms. The van der Waals surface area contributed by atoms with Crippen LogP contribution in [0.25, 0.3) is 0 Å². The van der Waals surface area contributed by atoms with Gasteiger partial charge >= 0.3 is 0 Å². The van der Waals surface area contributed by atoms with Gasteiger partial charge in [0.05, 0.1) is 12.7 Å². The second kappa shape index (κ2) is 4.61. The Morgan fingerprint density at radius 1 is 1.53 bits per heavy atom. The van der Waals surface area contributed by atoms with Gasteiger partial charge in [0.25, 0.3) is 0 Å². The maximum absolute atomic E-state index is 5.58. The highest BCUT2D eigenvalue weighted by Gasteiger charge is 2.18. The summed E-state index contributed by atoms with van der Waals surface area (Å²) in [5.74, 6) is 1.53. The van der Waals surface area contributed by atoms with E-state index >= 15 is 0 Å². The molecule has 0 amide bonds. The van der Waals surface area contributed by atoms with Crippen molar-refractivity contribution >= 4 is 17.3 Å². The van der Waals surface area contributed by atoms with Crippen molar-refractivity contribution in [3.63, 3.8) is 0 Å². The maximum Gasteiger partial charge on any atom is 0.213 e. The number of thiocarbonyl (C=S) groups is 1. The summed E-state index contributed by atoms with van der Waals surface area (Å²) in [5, 5.41) is 6.39. The van der Waals surface area contributed by atoms with Gasteiger partial charge in [0.1, 0.15) is 5.76 Å². The Labute approximate surface area is 95.5 Å².